The Morgan fingerprint density at radius 1 is 1.00 bits per heavy atom. The Kier molecular flexibility index (Phi) is 3.56. The lowest BCUT2D eigenvalue weighted by molar-refractivity contribution is 0.400. The molecule has 22 heavy (non-hydrogen) atoms. The zero-order valence-electron chi connectivity index (χ0n) is 11.7. The second-order valence-corrected chi connectivity index (χ2v) is 6.19. The lowest BCUT2D eigenvalue weighted by atomic mass is 9.99. The fourth-order valence-corrected chi connectivity index (χ4v) is 3.08. The average Bonchev–Trinajstić information content (AvgIpc) is 2.89. The van der Waals surface area contributed by atoms with Crippen LogP contribution in [0.25, 0.3) is 22.4 Å². The first-order valence-electron chi connectivity index (χ1n) is 6.57. The second-order valence-electron chi connectivity index (χ2n) is 4.80. The Labute approximate surface area is 128 Å². The van der Waals surface area contributed by atoms with Crippen molar-refractivity contribution < 1.29 is 17.5 Å². The van der Waals surface area contributed by atoms with Gasteiger partial charge in [-0.1, -0.05) is 53.7 Å². The summed E-state index contributed by atoms with van der Waals surface area (Å²) in [6, 6.07) is 15.5. The summed E-state index contributed by atoms with van der Waals surface area (Å²) in [5.74, 6) is 0.481. The van der Waals surface area contributed by atoms with Gasteiger partial charge < -0.3 is 4.52 Å². The summed E-state index contributed by atoms with van der Waals surface area (Å²) < 4.78 is 37.9. The average molecular weight is 315 g/mol. The molecule has 0 unspecified atom stereocenters. The number of hydrogen-bond donors (Lipinski definition) is 1. The molecule has 0 spiro atoms. The van der Waals surface area contributed by atoms with Crippen molar-refractivity contribution in [3.05, 3.63) is 60.4 Å². The van der Waals surface area contributed by atoms with Gasteiger partial charge >= 0.3 is 0 Å². The molecule has 0 saturated heterocycles. The first kappa shape index (κ1) is 14.5. The summed E-state index contributed by atoms with van der Waals surface area (Å²) in [6.07, 6.45) is 0. The maximum Gasteiger partial charge on any atom is 0.295 e. The van der Waals surface area contributed by atoms with Crippen LogP contribution in [0, 0.1) is 6.92 Å². The first-order valence-corrected chi connectivity index (χ1v) is 8.01. The standard InChI is InChI=1S/C16H13NO4S/c1-11-15(13-9-5-6-10-14(13)22(18,19)20)16(17-21-11)12-7-3-2-4-8-12/h2-10H,1H3,(H,18,19,20). The van der Waals surface area contributed by atoms with Crippen molar-refractivity contribution in [2.75, 3.05) is 0 Å². The van der Waals surface area contributed by atoms with Crippen molar-refractivity contribution in [1.29, 1.82) is 0 Å². The topological polar surface area (TPSA) is 80.4 Å². The molecule has 0 aliphatic carbocycles. The van der Waals surface area contributed by atoms with Crippen LogP contribution in [0.1, 0.15) is 5.76 Å². The largest absolute Gasteiger partial charge is 0.360 e. The third-order valence-corrected chi connectivity index (χ3v) is 4.26. The van der Waals surface area contributed by atoms with Gasteiger partial charge in [0.05, 0.1) is 5.56 Å². The Bertz CT molecular complexity index is 914. The van der Waals surface area contributed by atoms with Crippen LogP contribution in [0.4, 0.5) is 0 Å². The molecule has 0 bridgehead atoms. The highest BCUT2D eigenvalue weighted by atomic mass is 32.2. The van der Waals surface area contributed by atoms with E-state index in [1.807, 2.05) is 30.3 Å². The molecule has 112 valence electrons. The predicted molar refractivity (Wildman–Crippen MR) is 81.9 cm³/mol. The van der Waals surface area contributed by atoms with Crippen molar-refractivity contribution in [3.63, 3.8) is 0 Å². The van der Waals surface area contributed by atoms with E-state index in [-0.39, 0.29) is 4.90 Å². The van der Waals surface area contributed by atoms with Crippen molar-refractivity contribution in [3.8, 4) is 22.4 Å². The number of rotatable bonds is 3. The van der Waals surface area contributed by atoms with Gasteiger partial charge in [-0.05, 0) is 13.0 Å². The molecular weight excluding hydrogens is 302 g/mol. The van der Waals surface area contributed by atoms with Gasteiger partial charge in [0.15, 0.2) is 0 Å². The molecule has 1 aromatic heterocycles. The maximum atomic E-state index is 11.6. The fraction of sp³-hybridized carbons (Fsp3) is 0.0625. The van der Waals surface area contributed by atoms with Gasteiger partial charge in [-0.25, -0.2) is 0 Å². The molecule has 0 fully saturated rings. The van der Waals surface area contributed by atoms with Crippen molar-refractivity contribution in [2.24, 2.45) is 0 Å². The highest BCUT2D eigenvalue weighted by Gasteiger charge is 2.23. The third kappa shape index (κ3) is 2.54. The molecule has 0 aliphatic rings. The van der Waals surface area contributed by atoms with E-state index in [2.05, 4.69) is 5.16 Å². The first-order chi connectivity index (χ1) is 10.5. The van der Waals surface area contributed by atoms with E-state index in [0.29, 0.717) is 22.6 Å². The number of hydrogen-bond acceptors (Lipinski definition) is 4. The number of aryl methyl sites for hydroxylation is 1. The minimum Gasteiger partial charge on any atom is -0.360 e. The minimum absolute atomic E-state index is 0.168. The van der Waals surface area contributed by atoms with Gasteiger partial charge in [0.25, 0.3) is 10.1 Å². The van der Waals surface area contributed by atoms with Gasteiger partial charge in [0.1, 0.15) is 16.3 Å². The maximum absolute atomic E-state index is 11.6. The summed E-state index contributed by atoms with van der Waals surface area (Å²) >= 11 is 0. The molecule has 0 amide bonds. The van der Waals surface area contributed by atoms with Crippen molar-refractivity contribution >= 4 is 10.1 Å². The van der Waals surface area contributed by atoms with Gasteiger partial charge in [0, 0.05) is 11.1 Å². The zero-order chi connectivity index (χ0) is 15.7. The van der Waals surface area contributed by atoms with Crippen molar-refractivity contribution in [1.82, 2.24) is 5.16 Å². The SMILES string of the molecule is Cc1onc(-c2ccccc2)c1-c1ccccc1S(=O)(=O)O. The van der Waals surface area contributed by atoms with E-state index < -0.39 is 10.1 Å². The van der Waals surface area contributed by atoms with Crippen LogP contribution in [0.5, 0.6) is 0 Å². The van der Waals surface area contributed by atoms with Gasteiger partial charge in [0.2, 0.25) is 0 Å². The molecule has 6 heteroatoms. The summed E-state index contributed by atoms with van der Waals surface area (Å²) in [5, 5.41) is 4.03. The lowest BCUT2D eigenvalue weighted by Gasteiger charge is -2.07. The Morgan fingerprint density at radius 2 is 1.64 bits per heavy atom. The Balaban J connectivity index is 2.30. The molecule has 5 nitrogen and oxygen atoms in total. The number of benzene rings is 2. The monoisotopic (exact) mass is 315 g/mol. The van der Waals surface area contributed by atoms with Crippen LogP contribution in [-0.2, 0) is 10.1 Å². The van der Waals surface area contributed by atoms with Crippen molar-refractivity contribution in [2.45, 2.75) is 11.8 Å². The summed E-state index contributed by atoms with van der Waals surface area (Å²) in [4.78, 5) is -0.168. The second kappa shape index (κ2) is 5.40. The highest BCUT2D eigenvalue weighted by Crippen LogP contribution is 2.37. The van der Waals surface area contributed by atoms with E-state index in [0.717, 1.165) is 5.56 Å². The molecule has 1 heterocycles. The van der Waals surface area contributed by atoms with E-state index in [1.54, 1.807) is 25.1 Å². The van der Waals surface area contributed by atoms with Crippen LogP contribution in [0.2, 0.25) is 0 Å². The van der Waals surface area contributed by atoms with E-state index in [1.165, 1.54) is 6.07 Å². The smallest absolute Gasteiger partial charge is 0.295 e. The van der Waals surface area contributed by atoms with Gasteiger partial charge in [-0.15, -0.1) is 0 Å². The fourth-order valence-electron chi connectivity index (χ4n) is 2.38. The molecule has 3 aromatic rings. The molecule has 0 aliphatic heterocycles. The lowest BCUT2D eigenvalue weighted by Crippen LogP contribution is -2.01. The minimum atomic E-state index is -4.34. The number of aromatic nitrogens is 1. The van der Waals surface area contributed by atoms with E-state index in [4.69, 9.17) is 4.52 Å². The molecule has 0 saturated carbocycles. The van der Waals surface area contributed by atoms with Crippen LogP contribution in [0.3, 0.4) is 0 Å². The third-order valence-electron chi connectivity index (χ3n) is 3.34. The summed E-state index contributed by atoms with van der Waals surface area (Å²) in [7, 11) is -4.34. The van der Waals surface area contributed by atoms with E-state index in [9.17, 15) is 13.0 Å². The number of nitrogens with zero attached hydrogens (tertiary/aromatic N) is 1. The molecular formula is C16H13NO4S. The summed E-state index contributed by atoms with van der Waals surface area (Å²) in [6.45, 7) is 1.70. The van der Waals surface area contributed by atoms with Gasteiger partial charge in [-0.3, -0.25) is 4.55 Å². The van der Waals surface area contributed by atoms with Gasteiger partial charge in [-0.2, -0.15) is 8.42 Å². The summed E-state index contributed by atoms with van der Waals surface area (Å²) in [5.41, 5.74) is 2.26. The quantitative estimate of drug-likeness (QED) is 0.747. The molecule has 0 atom stereocenters. The highest BCUT2D eigenvalue weighted by molar-refractivity contribution is 7.86. The molecule has 1 N–H and O–H groups in total. The Hall–Kier alpha value is -2.44. The molecule has 3 rings (SSSR count). The van der Waals surface area contributed by atoms with E-state index >= 15 is 0 Å². The van der Waals surface area contributed by atoms with Crippen LogP contribution in [0.15, 0.2) is 64.0 Å². The molecule has 2 aromatic carbocycles. The van der Waals surface area contributed by atoms with Crippen LogP contribution < -0.4 is 0 Å². The Morgan fingerprint density at radius 3 is 2.32 bits per heavy atom. The van der Waals surface area contributed by atoms with Crippen LogP contribution >= 0.6 is 0 Å². The predicted octanol–water partition coefficient (Wildman–Crippen LogP) is 3.56. The zero-order valence-corrected chi connectivity index (χ0v) is 12.5. The normalized spacial score (nSPS) is 11.5. The van der Waals surface area contributed by atoms with Crippen LogP contribution in [-0.4, -0.2) is 18.1 Å². The molecule has 0 radical (unpaired) electrons.